The number of hydrogen-bond acceptors (Lipinski definition) is 5. The molecule has 18 heavy (non-hydrogen) atoms. The van der Waals surface area contributed by atoms with Crippen molar-refractivity contribution in [2.75, 3.05) is 5.73 Å². The number of rotatable bonds is 1. The predicted octanol–water partition coefficient (Wildman–Crippen LogP) is 1.78. The summed E-state index contributed by atoms with van der Waals surface area (Å²) in [5.41, 5.74) is 9.00. The van der Waals surface area contributed by atoms with E-state index in [1.54, 1.807) is 12.3 Å². The minimum Gasteiger partial charge on any atom is -0.383 e. The molecule has 0 saturated heterocycles. The Morgan fingerprint density at radius 2 is 1.94 bits per heavy atom. The van der Waals surface area contributed by atoms with Crippen LogP contribution in [-0.4, -0.2) is 19.9 Å². The van der Waals surface area contributed by atoms with Crippen LogP contribution in [-0.2, 0) is 12.8 Å². The van der Waals surface area contributed by atoms with Crippen molar-refractivity contribution in [2.24, 2.45) is 0 Å². The second kappa shape index (κ2) is 4.68. The van der Waals surface area contributed by atoms with Crippen molar-refractivity contribution in [3.05, 3.63) is 29.8 Å². The first-order valence-corrected chi connectivity index (χ1v) is 6.26. The van der Waals surface area contributed by atoms with Gasteiger partial charge in [-0.3, -0.25) is 0 Å². The first kappa shape index (κ1) is 11.1. The van der Waals surface area contributed by atoms with Crippen molar-refractivity contribution in [1.29, 1.82) is 0 Å². The van der Waals surface area contributed by atoms with Gasteiger partial charge in [0.1, 0.15) is 17.8 Å². The van der Waals surface area contributed by atoms with Crippen molar-refractivity contribution in [3.8, 4) is 11.5 Å². The molecular weight excluding hydrogens is 226 g/mol. The van der Waals surface area contributed by atoms with Crippen LogP contribution in [0, 0.1) is 0 Å². The molecule has 0 atom stereocenters. The first-order valence-electron chi connectivity index (χ1n) is 6.26. The number of nitrogens with zero attached hydrogens (tertiary/aromatic N) is 4. The molecule has 0 bridgehead atoms. The molecule has 2 aromatic heterocycles. The van der Waals surface area contributed by atoms with Gasteiger partial charge in [0.05, 0.1) is 0 Å². The van der Waals surface area contributed by atoms with E-state index in [1.807, 2.05) is 0 Å². The lowest BCUT2D eigenvalue weighted by molar-refractivity contribution is 0.709. The summed E-state index contributed by atoms with van der Waals surface area (Å²) in [4.78, 5) is 17.1. The summed E-state index contributed by atoms with van der Waals surface area (Å²) in [5.74, 6) is 1.21. The van der Waals surface area contributed by atoms with Gasteiger partial charge in [-0.15, -0.1) is 0 Å². The van der Waals surface area contributed by atoms with Crippen LogP contribution in [0.5, 0.6) is 0 Å². The number of aryl methyl sites for hydroxylation is 1. The van der Waals surface area contributed by atoms with Gasteiger partial charge in [-0.1, -0.05) is 6.42 Å². The van der Waals surface area contributed by atoms with Gasteiger partial charge in [-0.05, 0) is 31.7 Å². The van der Waals surface area contributed by atoms with E-state index in [-0.39, 0.29) is 0 Å². The Morgan fingerprint density at radius 1 is 1.06 bits per heavy atom. The molecule has 5 nitrogen and oxygen atoms in total. The lowest BCUT2D eigenvalue weighted by atomic mass is 10.1. The average molecular weight is 241 g/mol. The Labute approximate surface area is 106 Å². The molecule has 0 saturated carbocycles. The summed E-state index contributed by atoms with van der Waals surface area (Å²) in [7, 11) is 0. The summed E-state index contributed by atoms with van der Waals surface area (Å²) in [6.07, 6.45) is 8.75. The highest BCUT2D eigenvalue weighted by atomic mass is 15.0. The zero-order chi connectivity index (χ0) is 12.4. The number of anilines is 1. The second-order valence-electron chi connectivity index (χ2n) is 4.51. The van der Waals surface area contributed by atoms with E-state index >= 15 is 0 Å². The summed E-state index contributed by atoms with van der Waals surface area (Å²) in [5, 5.41) is 0. The van der Waals surface area contributed by atoms with Crippen LogP contribution in [0.25, 0.3) is 11.5 Å². The Morgan fingerprint density at radius 3 is 2.78 bits per heavy atom. The van der Waals surface area contributed by atoms with Gasteiger partial charge in [0, 0.05) is 17.5 Å². The average Bonchev–Trinajstić information content (AvgIpc) is 2.65. The fraction of sp³-hybridized carbons (Fsp3) is 0.385. The van der Waals surface area contributed by atoms with E-state index < -0.39 is 0 Å². The van der Waals surface area contributed by atoms with Crippen LogP contribution in [0.3, 0.4) is 0 Å². The molecule has 1 aliphatic rings. The van der Waals surface area contributed by atoms with Crippen LogP contribution < -0.4 is 5.73 Å². The fourth-order valence-corrected chi connectivity index (χ4v) is 2.34. The Hall–Kier alpha value is -2.04. The maximum atomic E-state index is 6.05. The maximum absolute atomic E-state index is 6.05. The molecule has 0 amide bonds. The van der Waals surface area contributed by atoms with E-state index in [4.69, 9.17) is 5.73 Å². The van der Waals surface area contributed by atoms with E-state index in [2.05, 4.69) is 19.9 Å². The molecule has 92 valence electrons. The van der Waals surface area contributed by atoms with Crippen molar-refractivity contribution >= 4 is 5.82 Å². The minimum atomic E-state index is 0.607. The molecule has 0 aliphatic heterocycles. The number of nitrogens with two attached hydrogens (primary N) is 1. The highest BCUT2D eigenvalue weighted by Crippen LogP contribution is 2.25. The van der Waals surface area contributed by atoms with Crippen molar-refractivity contribution in [2.45, 2.75) is 32.1 Å². The molecule has 0 aromatic carbocycles. The number of fused-ring (bicyclic) bond motifs is 1. The molecule has 0 unspecified atom stereocenters. The summed E-state index contributed by atoms with van der Waals surface area (Å²) in [6.45, 7) is 0. The Bertz CT molecular complexity index is 553. The first-order chi connectivity index (χ1) is 8.84. The highest BCUT2D eigenvalue weighted by molar-refractivity contribution is 5.54. The van der Waals surface area contributed by atoms with E-state index in [0.717, 1.165) is 29.8 Å². The normalized spacial score (nSPS) is 14.9. The molecule has 2 aromatic rings. The molecule has 2 N–H and O–H groups in total. The molecule has 5 heteroatoms. The third-order valence-corrected chi connectivity index (χ3v) is 3.28. The van der Waals surface area contributed by atoms with Crippen LogP contribution in [0.2, 0.25) is 0 Å². The minimum absolute atomic E-state index is 0.607. The molecule has 3 rings (SSSR count). The summed E-state index contributed by atoms with van der Waals surface area (Å²) in [6, 6.07) is 1.80. The number of aromatic nitrogens is 4. The topological polar surface area (TPSA) is 77.6 Å². The Kier molecular flexibility index (Phi) is 2.88. The third-order valence-electron chi connectivity index (χ3n) is 3.28. The van der Waals surface area contributed by atoms with Crippen molar-refractivity contribution < 1.29 is 0 Å². The molecule has 0 spiro atoms. The largest absolute Gasteiger partial charge is 0.383 e. The molecule has 1 aliphatic carbocycles. The van der Waals surface area contributed by atoms with Crippen molar-refractivity contribution in [3.63, 3.8) is 0 Å². The Balaban J connectivity index is 2.08. The zero-order valence-electron chi connectivity index (χ0n) is 10.1. The predicted molar refractivity (Wildman–Crippen MR) is 68.7 cm³/mol. The van der Waals surface area contributed by atoms with Crippen LogP contribution in [0.15, 0.2) is 18.6 Å². The second-order valence-corrected chi connectivity index (χ2v) is 4.51. The van der Waals surface area contributed by atoms with Gasteiger partial charge in [0.2, 0.25) is 0 Å². The summed E-state index contributed by atoms with van der Waals surface area (Å²) < 4.78 is 0. The van der Waals surface area contributed by atoms with E-state index in [9.17, 15) is 0 Å². The fourth-order valence-electron chi connectivity index (χ4n) is 2.34. The molecule has 2 heterocycles. The van der Waals surface area contributed by atoms with Crippen LogP contribution >= 0.6 is 0 Å². The van der Waals surface area contributed by atoms with Crippen molar-refractivity contribution in [1.82, 2.24) is 19.9 Å². The molecular formula is C13H15N5. The molecule has 0 fully saturated rings. The SMILES string of the molecule is Nc1nc(-c2ccncn2)nc2c1CCCCC2. The zero-order valence-corrected chi connectivity index (χ0v) is 10.1. The van der Waals surface area contributed by atoms with Gasteiger partial charge in [-0.2, -0.15) is 0 Å². The van der Waals surface area contributed by atoms with Gasteiger partial charge >= 0.3 is 0 Å². The molecule has 0 radical (unpaired) electrons. The van der Waals surface area contributed by atoms with Gasteiger partial charge in [0.25, 0.3) is 0 Å². The van der Waals surface area contributed by atoms with Crippen LogP contribution in [0.4, 0.5) is 5.82 Å². The third kappa shape index (κ3) is 2.03. The number of nitrogen functional groups attached to an aromatic ring is 1. The smallest absolute Gasteiger partial charge is 0.180 e. The maximum Gasteiger partial charge on any atom is 0.180 e. The number of hydrogen-bond donors (Lipinski definition) is 1. The van der Waals surface area contributed by atoms with Gasteiger partial charge in [-0.25, -0.2) is 19.9 Å². The lowest BCUT2D eigenvalue weighted by Gasteiger charge is -2.09. The monoisotopic (exact) mass is 241 g/mol. The highest BCUT2D eigenvalue weighted by Gasteiger charge is 2.16. The quantitative estimate of drug-likeness (QED) is 0.770. The summed E-state index contributed by atoms with van der Waals surface area (Å²) >= 11 is 0. The van der Waals surface area contributed by atoms with E-state index in [1.165, 1.54) is 25.6 Å². The van der Waals surface area contributed by atoms with Gasteiger partial charge in [0.15, 0.2) is 5.82 Å². The standard InChI is InChI=1S/C13H15N5/c14-12-9-4-2-1-3-5-10(9)17-13(18-12)11-6-7-15-8-16-11/h6-8H,1-5H2,(H2,14,17,18). The van der Waals surface area contributed by atoms with Crippen LogP contribution in [0.1, 0.15) is 30.5 Å². The van der Waals surface area contributed by atoms with Gasteiger partial charge < -0.3 is 5.73 Å². The lowest BCUT2D eigenvalue weighted by Crippen LogP contribution is -2.07. The van der Waals surface area contributed by atoms with E-state index in [0.29, 0.717) is 11.6 Å².